The number of methoxy groups -OCH3 is 1. The summed E-state index contributed by atoms with van der Waals surface area (Å²) in [4.78, 5) is 27.4. The molecule has 5 nitrogen and oxygen atoms in total. The Kier molecular flexibility index (Phi) is 4.95. The number of pyridine rings is 1. The van der Waals surface area contributed by atoms with Crippen LogP contribution in [-0.4, -0.2) is 30.0 Å². The third-order valence-corrected chi connectivity index (χ3v) is 3.90. The highest BCUT2D eigenvalue weighted by Gasteiger charge is 2.28. The Hall–Kier alpha value is -1.62. The first kappa shape index (κ1) is 14.8. The number of esters is 1. The molecule has 1 saturated carbocycles. The highest BCUT2D eigenvalue weighted by atomic mass is 35.5. The minimum absolute atomic E-state index is 0.0462. The van der Waals surface area contributed by atoms with Crippen LogP contribution in [-0.2, 0) is 9.53 Å². The van der Waals surface area contributed by atoms with Crippen LogP contribution < -0.4 is 5.32 Å². The van der Waals surface area contributed by atoms with Gasteiger partial charge in [0, 0.05) is 12.2 Å². The van der Waals surface area contributed by atoms with Gasteiger partial charge in [-0.1, -0.05) is 11.6 Å². The van der Waals surface area contributed by atoms with Crippen molar-refractivity contribution in [2.45, 2.75) is 31.7 Å². The first-order valence-electron chi connectivity index (χ1n) is 6.61. The zero-order valence-corrected chi connectivity index (χ0v) is 12.0. The van der Waals surface area contributed by atoms with Crippen molar-refractivity contribution in [3.63, 3.8) is 0 Å². The molecule has 1 aromatic heterocycles. The van der Waals surface area contributed by atoms with Crippen LogP contribution in [0.1, 0.15) is 36.0 Å². The molecule has 1 heterocycles. The number of halogens is 1. The molecule has 0 atom stereocenters. The molecule has 1 aromatic rings. The lowest BCUT2D eigenvalue weighted by molar-refractivity contribution is -0.146. The second-order valence-electron chi connectivity index (χ2n) is 4.89. The van der Waals surface area contributed by atoms with E-state index in [0.717, 1.165) is 25.7 Å². The lowest BCUT2D eigenvalue weighted by Crippen LogP contribution is -2.39. The van der Waals surface area contributed by atoms with Gasteiger partial charge in [0.05, 0.1) is 18.6 Å². The lowest BCUT2D eigenvalue weighted by Gasteiger charge is -2.27. The number of carbonyl (C=O) groups excluding carboxylic acids is 2. The molecule has 20 heavy (non-hydrogen) atoms. The van der Waals surface area contributed by atoms with Crippen molar-refractivity contribution in [2.75, 3.05) is 7.11 Å². The Morgan fingerprint density at radius 2 is 2.05 bits per heavy atom. The number of hydrogen-bond acceptors (Lipinski definition) is 4. The van der Waals surface area contributed by atoms with Crippen molar-refractivity contribution >= 4 is 23.5 Å². The Labute approximate surface area is 122 Å². The minimum atomic E-state index is -0.218. The molecule has 1 N–H and O–H groups in total. The van der Waals surface area contributed by atoms with Crippen LogP contribution in [0, 0.1) is 5.92 Å². The third-order valence-electron chi connectivity index (χ3n) is 3.60. The van der Waals surface area contributed by atoms with Gasteiger partial charge in [-0.2, -0.15) is 0 Å². The van der Waals surface area contributed by atoms with Gasteiger partial charge >= 0.3 is 5.97 Å². The minimum Gasteiger partial charge on any atom is -0.469 e. The van der Waals surface area contributed by atoms with E-state index in [1.54, 1.807) is 18.3 Å². The second-order valence-corrected chi connectivity index (χ2v) is 5.24. The van der Waals surface area contributed by atoms with E-state index in [9.17, 15) is 9.59 Å². The maximum Gasteiger partial charge on any atom is 0.308 e. The van der Waals surface area contributed by atoms with Crippen LogP contribution in [0.25, 0.3) is 0 Å². The molecule has 0 spiro atoms. The van der Waals surface area contributed by atoms with E-state index in [2.05, 4.69) is 10.3 Å². The number of rotatable bonds is 3. The summed E-state index contributed by atoms with van der Waals surface area (Å²) in [5.41, 5.74) is 0.379. The quantitative estimate of drug-likeness (QED) is 0.686. The molecule has 0 radical (unpaired) electrons. The van der Waals surface area contributed by atoms with Crippen LogP contribution >= 0.6 is 11.6 Å². The van der Waals surface area contributed by atoms with Gasteiger partial charge in [0.25, 0.3) is 5.91 Å². The SMILES string of the molecule is COC(=O)C1CCC(NC(=O)c2cccnc2Cl)CC1. The van der Waals surface area contributed by atoms with Gasteiger partial charge in [-0.25, -0.2) is 4.98 Å². The lowest BCUT2D eigenvalue weighted by atomic mass is 9.86. The molecule has 0 unspecified atom stereocenters. The molecule has 1 amide bonds. The Morgan fingerprint density at radius 1 is 1.35 bits per heavy atom. The molecular weight excluding hydrogens is 280 g/mol. The molecule has 6 heteroatoms. The molecule has 0 aromatic carbocycles. The van der Waals surface area contributed by atoms with E-state index in [4.69, 9.17) is 16.3 Å². The maximum atomic E-state index is 12.1. The fraction of sp³-hybridized carbons (Fsp3) is 0.500. The summed E-state index contributed by atoms with van der Waals surface area (Å²) >= 11 is 5.89. The van der Waals surface area contributed by atoms with Crippen molar-refractivity contribution in [1.29, 1.82) is 0 Å². The standard InChI is InChI=1S/C14H17ClN2O3/c1-20-14(19)9-4-6-10(7-5-9)17-13(18)11-3-2-8-16-12(11)15/h2-3,8-10H,4-7H2,1H3,(H,17,18). The molecule has 0 bridgehead atoms. The average molecular weight is 297 g/mol. The number of carbonyl (C=O) groups is 2. The van der Waals surface area contributed by atoms with Gasteiger partial charge in [0.2, 0.25) is 0 Å². The molecule has 2 rings (SSSR count). The molecule has 0 saturated heterocycles. The van der Waals surface area contributed by atoms with Gasteiger partial charge in [0.1, 0.15) is 5.15 Å². The number of aromatic nitrogens is 1. The van der Waals surface area contributed by atoms with E-state index in [0.29, 0.717) is 5.56 Å². The smallest absolute Gasteiger partial charge is 0.308 e. The van der Waals surface area contributed by atoms with E-state index < -0.39 is 0 Å². The maximum absolute atomic E-state index is 12.1. The Balaban J connectivity index is 1.88. The van der Waals surface area contributed by atoms with Crippen LogP contribution in [0.4, 0.5) is 0 Å². The number of nitrogens with zero attached hydrogens (tertiary/aromatic N) is 1. The van der Waals surface area contributed by atoms with Crippen molar-refractivity contribution in [3.05, 3.63) is 29.0 Å². The van der Waals surface area contributed by atoms with Crippen molar-refractivity contribution in [2.24, 2.45) is 5.92 Å². The fourth-order valence-corrected chi connectivity index (χ4v) is 2.66. The van der Waals surface area contributed by atoms with Crippen LogP contribution in [0.3, 0.4) is 0 Å². The van der Waals surface area contributed by atoms with Crippen LogP contribution in [0.2, 0.25) is 5.15 Å². The van der Waals surface area contributed by atoms with Crippen molar-refractivity contribution in [1.82, 2.24) is 10.3 Å². The number of hydrogen-bond donors (Lipinski definition) is 1. The summed E-state index contributed by atoms with van der Waals surface area (Å²) in [5.74, 6) is -0.426. The fourth-order valence-electron chi connectivity index (χ4n) is 2.46. The first-order chi connectivity index (χ1) is 9.61. The summed E-state index contributed by atoms with van der Waals surface area (Å²) in [5, 5.41) is 3.14. The van der Waals surface area contributed by atoms with Crippen LogP contribution in [0.5, 0.6) is 0 Å². The third kappa shape index (κ3) is 3.48. The van der Waals surface area contributed by atoms with E-state index >= 15 is 0 Å². The summed E-state index contributed by atoms with van der Waals surface area (Å²) in [6.07, 6.45) is 4.55. The molecule has 1 aliphatic carbocycles. The molecular formula is C14H17ClN2O3. The predicted molar refractivity (Wildman–Crippen MR) is 74.5 cm³/mol. The van der Waals surface area contributed by atoms with Crippen molar-refractivity contribution in [3.8, 4) is 0 Å². The zero-order chi connectivity index (χ0) is 14.5. The molecule has 108 valence electrons. The summed E-state index contributed by atoms with van der Waals surface area (Å²) in [6.45, 7) is 0. The monoisotopic (exact) mass is 296 g/mol. The van der Waals surface area contributed by atoms with Gasteiger partial charge in [-0.05, 0) is 37.8 Å². The largest absolute Gasteiger partial charge is 0.469 e. The van der Waals surface area contributed by atoms with Crippen molar-refractivity contribution < 1.29 is 14.3 Å². The zero-order valence-electron chi connectivity index (χ0n) is 11.3. The summed E-state index contributed by atoms with van der Waals surface area (Å²) < 4.78 is 4.74. The van der Waals surface area contributed by atoms with E-state index in [1.165, 1.54) is 7.11 Å². The number of amides is 1. The normalized spacial score (nSPS) is 22.1. The molecule has 1 fully saturated rings. The Bertz CT molecular complexity index is 499. The van der Waals surface area contributed by atoms with E-state index in [-0.39, 0.29) is 29.0 Å². The molecule has 0 aliphatic heterocycles. The average Bonchev–Trinajstić information content (AvgIpc) is 2.47. The van der Waals surface area contributed by atoms with E-state index in [1.807, 2.05) is 0 Å². The number of nitrogens with one attached hydrogen (secondary N) is 1. The number of ether oxygens (including phenoxy) is 1. The first-order valence-corrected chi connectivity index (χ1v) is 6.99. The second kappa shape index (κ2) is 6.70. The molecule has 1 aliphatic rings. The topological polar surface area (TPSA) is 68.3 Å². The van der Waals surface area contributed by atoms with Gasteiger partial charge in [-0.15, -0.1) is 0 Å². The Morgan fingerprint density at radius 3 is 2.65 bits per heavy atom. The van der Waals surface area contributed by atoms with Gasteiger partial charge in [0.15, 0.2) is 0 Å². The highest BCUT2D eigenvalue weighted by Crippen LogP contribution is 2.25. The summed E-state index contributed by atoms with van der Waals surface area (Å²) in [6, 6.07) is 3.39. The van der Waals surface area contributed by atoms with Gasteiger partial charge < -0.3 is 10.1 Å². The summed E-state index contributed by atoms with van der Waals surface area (Å²) in [7, 11) is 1.40. The van der Waals surface area contributed by atoms with Crippen LogP contribution in [0.15, 0.2) is 18.3 Å². The predicted octanol–water partition coefficient (Wildman–Crippen LogP) is 2.20. The highest BCUT2D eigenvalue weighted by molar-refractivity contribution is 6.32. The van der Waals surface area contributed by atoms with Gasteiger partial charge in [-0.3, -0.25) is 9.59 Å².